The number of anilines is 1. The molecule has 2 N–H and O–H groups in total. The number of rotatable bonds is 5. The van der Waals surface area contributed by atoms with Crippen LogP contribution in [0.25, 0.3) is 0 Å². The van der Waals surface area contributed by atoms with Gasteiger partial charge in [0.1, 0.15) is 5.69 Å². The van der Waals surface area contributed by atoms with E-state index in [0.29, 0.717) is 17.1 Å². The molecule has 5 nitrogen and oxygen atoms in total. The summed E-state index contributed by atoms with van der Waals surface area (Å²) >= 11 is 5.78. The summed E-state index contributed by atoms with van der Waals surface area (Å²) < 4.78 is 0. The molecule has 0 radical (unpaired) electrons. The van der Waals surface area contributed by atoms with E-state index in [2.05, 4.69) is 5.32 Å². The lowest BCUT2D eigenvalue weighted by Crippen LogP contribution is -2.32. The maximum Gasteiger partial charge on any atom is 0.292 e. The lowest BCUT2D eigenvalue weighted by Gasteiger charge is -2.22. The number of nitro benzene ring substituents is 1. The smallest absolute Gasteiger partial charge is 0.292 e. The molecule has 6 heteroatoms. The highest BCUT2D eigenvalue weighted by atomic mass is 35.5. The predicted molar refractivity (Wildman–Crippen MR) is 67.5 cm³/mol. The SMILES string of the molecule is CCC(C)(O)CNc1cc(Cl)ccc1[N+](=O)[O-]. The molecule has 0 aliphatic rings. The number of nitrogens with zero attached hydrogens (tertiary/aromatic N) is 1. The van der Waals surface area contributed by atoms with E-state index in [-0.39, 0.29) is 12.2 Å². The zero-order valence-electron chi connectivity index (χ0n) is 9.74. The summed E-state index contributed by atoms with van der Waals surface area (Å²) in [7, 11) is 0. The molecule has 1 rings (SSSR count). The summed E-state index contributed by atoms with van der Waals surface area (Å²) in [6.07, 6.45) is 0.550. The van der Waals surface area contributed by atoms with Crippen LogP contribution in [0.5, 0.6) is 0 Å². The minimum absolute atomic E-state index is 0.0543. The van der Waals surface area contributed by atoms with Crippen LogP contribution < -0.4 is 5.32 Å². The maximum atomic E-state index is 10.8. The van der Waals surface area contributed by atoms with Gasteiger partial charge in [-0.25, -0.2) is 0 Å². The van der Waals surface area contributed by atoms with Gasteiger partial charge in [-0.3, -0.25) is 10.1 Å². The zero-order chi connectivity index (χ0) is 13.1. The van der Waals surface area contributed by atoms with Crippen LogP contribution in [0.3, 0.4) is 0 Å². The molecular formula is C11H15ClN2O3. The third-order valence-electron chi connectivity index (χ3n) is 2.58. The minimum atomic E-state index is -0.907. The second-order valence-corrected chi connectivity index (χ2v) is 4.56. The van der Waals surface area contributed by atoms with Gasteiger partial charge in [0.15, 0.2) is 0 Å². The average molecular weight is 259 g/mol. The number of halogens is 1. The molecule has 94 valence electrons. The van der Waals surface area contributed by atoms with Crippen LogP contribution in [-0.2, 0) is 0 Å². The van der Waals surface area contributed by atoms with E-state index in [0.717, 1.165) is 0 Å². The van der Waals surface area contributed by atoms with E-state index < -0.39 is 10.5 Å². The highest BCUT2D eigenvalue weighted by Crippen LogP contribution is 2.28. The largest absolute Gasteiger partial charge is 0.388 e. The summed E-state index contributed by atoms with van der Waals surface area (Å²) in [5.41, 5.74) is -0.645. The fraction of sp³-hybridized carbons (Fsp3) is 0.455. The Labute approximate surface area is 105 Å². The number of benzene rings is 1. The molecule has 17 heavy (non-hydrogen) atoms. The fourth-order valence-corrected chi connectivity index (χ4v) is 1.39. The maximum absolute atomic E-state index is 10.8. The Balaban J connectivity index is 2.89. The van der Waals surface area contributed by atoms with Crippen molar-refractivity contribution in [3.63, 3.8) is 0 Å². The summed E-state index contributed by atoms with van der Waals surface area (Å²) in [6, 6.07) is 4.28. The molecule has 0 saturated carbocycles. The van der Waals surface area contributed by atoms with Crippen LogP contribution in [0.4, 0.5) is 11.4 Å². The number of nitrogens with one attached hydrogen (secondary N) is 1. The molecule has 0 spiro atoms. The van der Waals surface area contributed by atoms with E-state index in [1.807, 2.05) is 6.92 Å². The van der Waals surface area contributed by atoms with E-state index >= 15 is 0 Å². The number of aliphatic hydroxyl groups is 1. The highest BCUT2D eigenvalue weighted by Gasteiger charge is 2.20. The topological polar surface area (TPSA) is 75.4 Å². The highest BCUT2D eigenvalue weighted by molar-refractivity contribution is 6.31. The van der Waals surface area contributed by atoms with Crippen molar-refractivity contribution < 1.29 is 10.0 Å². The first-order valence-electron chi connectivity index (χ1n) is 5.26. The van der Waals surface area contributed by atoms with E-state index in [1.165, 1.54) is 18.2 Å². The molecule has 1 aromatic rings. The molecular weight excluding hydrogens is 244 g/mol. The van der Waals surface area contributed by atoms with E-state index in [9.17, 15) is 15.2 Å². The predicted octanol–water partition coefficient (Wildman–Crippen LogP) is 2.82. The summed E-state index contributed by atoms with van der Waals surface area (Å²) in [5.74, 6) is 0. The Morgan fingerprint density at radius 2 is 2.24 bits per heavy atom. The van der Waals surface area contributed by atoms with Crippen molar-refractivity contribution in [2.24, 2.45) is 0 Å². The van der Waals surface area contributed by atoms with Gasteiger partial charge in [-0.2, -0.15) is 0 Å². The van der Waals surface area contributed by atoms with Crippen molar-refractivity contribution in [2.75, 3.05) is 11.9 Å². The van der Waals surface area contributed by atoms with Crippen molar-refractivity contribution in [2.45, 2.75) is 25.9 Å². The van der Waals surface area contributed by atoms with Crippen LogP contribution in [0.15, 0.2) is 18.2 Å². The van der Waals surface area contributed by atoms with Gasteiger partial charge in [-0.15, -0.1) is 0 Å². The third-order valence-corrected chi connectivity index (χ3v) is 2.81. The first-order valence-corrected chi connectivity index (χ1v) is 5.64. The first kappa shape index (κ1) is 13.7. The van der Waals surface area contributed by atoms with Gasteiger partial charge in [-0.05, 0) is 25.5 Å². The van der Waals surface area contributed by atoms with Crippen molar-refractivity contribution >= 4 is 23.0 Å². The minimum Gasteiger partial charge on any atom is -0.388 e. The number of nitro groups is 1. The van der Waals surface area contributed by atoms with E-state index in [4.69, 9.17) is 11.6 Å². The second kappa shape index (κ2) is 5.33. The zero-order valence-corrected chi connectivity index (χ0v) is 10.5. The lowest BCUT2D eigenvalue weighted by atomic mass is 10.0. The molecule has 0 aromatic heterocycles. The average Bonchev–Trinajstić information content (AvgIpc) is 2.26. The van der Waals surface area contributed by atoms with Crippen LogP contribution in [0, 0.1) is 10.1 Å². The van der Waals surface area contributed by atoms with Gasteiger partial charge in [0.25, 0.3) is 5.69 Å². The number of hydrogen-bond donors (Lipinski definition) is 2. The summed E-state index contributed by atoms with van der Waals surface area (Å²) in [5, 5.41) is 23.9. The van der Waals surface area contributed by atoms with Gasteiger partial charge in [0, 0.05) is 17.6 Å². The molecule has 0 saturated heterocycles. The third kappa shape index (κ3) is 3.87. The number of hydrogen-bond acceptors (Lipinski definition) is 4. The van der Waals surface area contributed by atoms with Crippen LogP contribution >= 0.6 is 11.6 Å². The van der Waals surface area contributed by atoms with Crippen LogP contribution in [0.1, 0.15) is 20.3 Å². The molecule has 1 unspecified atom stereocenters. The molecule has 0 aliphatic heterocycles. The second-order valence-electron chi connectivity index (χ2n) is 4.12. The summed E-state index contributed by atoms with van der Waals surface area (Å²) in [6.45, 7) is 3.73. The Morgan fingerprint density at radius 3 is 2.76 bits per heavy atom. The molecule has 0 heterocycles. The van der Waals surface area contributed by atoms with Crippen molar-refractivity contribution in [1.29, 1.82) is 0 Å². The first-order chi connectivity index (χ1) is 7.85. The normalized spacial score (nSPS) is 14.1. The van der Waals surface area contributed by atoms with Gasteiger partial charge in [0.2, 0.25) is 0 Å². The van der Waals surface area contributed by atoms with Gasteiger partial charge in [-0.1, -0.05) is 18.5 Å². The molecule has 0 bridgehead atoms. The molecule has 0 aliphatic carbocycles. The van der Waals surface area contributed by atoms with Gasteiger partial charge >= 0.3 is 0 Å². The van der Waals surface area contributed by atoms with Gasteiger partial charge < -0.3 is 10.4 Å². The monoisotopic (exact) mass is 258 g/mol. The quantitative estimate of drug-likeness (QED) is 0.629. The van der Waals surface area contributed by atoms with Crippen molar-refractivity contribution in [1.82, 2.24) is 0 Å². The Kier molecular flexibility index (Phi) is 4.31. The van der Waals surface area contributed by atoms with Gasteiger partial charge in [0.05, 0.1) is 10.5 Å². The molecule has 0 amide bonds. The summed E-state index contributed by atoms with van der Waals surface area (Å²) in [4.78, 5) is 10.3. The fourth-order valence-electron chi connectivity index (χ4n) is 1.22. The molecule has 0 fully saturated rings. The Bertz CT molecular complexity index is 421. The van der Waals surface area contributed by atoms with E-state index in [1.54, 1.807) is 6.92 Å². The lowest BCUT2D eigenvalue weighted by molar-refractivity contribution is -0.384. The van der Waals surface area contributed by atoms with Crippen molar-refractivity contribution in [3.8, 4) is 0 Å². The molecule has 1 atom stereocenters. The Hall–Kier alpha value is -1.33. The van der Waals surface area contributed by atoms with Crippen molar-refractivity contribution in [3.05, 3.63) is 33.3 Å². The van der Waals surface area contributed by atoms with Crippen LogP contribution in [0.2, 0.25) is 5.02 Å². The van der Waals surface area contributed by atoms with Crippen LogP contribution in [-0.4, -0.2) is 22.2 Å². The molecule has 1 aromatic carbocycles. The standard InChI is InChI=1S/C11H15ClN2O3/c1-3-11(2,15)7-13-9-6-8(12)4-5-10(9)14(16)17/h4-6,13,15H,3,7H2,1-2H3. The Morgan fingerprint density at radius 1 is 1.59 bits per heavy atom.